The first-order chi connectivity index (χ1) is 18.4. The summed E-state index contributed by atoms with van der Waals surface area (Å²) in [4.78, 5) is 14.8. The molecule has 1 heterocycles. The van der Waals surface area contributed by atoms with E-state index in [1.807, 2.05) is 36.4 Å². The Kier molecular flexibility index (Phi) is 7.63. The van der Waals surface area contributed by atoms with E-state index < -0.39 is 5.91 Å². The standard InChI is InChI=1S/C31H30ClN3O3/c1-20-15-22-11-12-35(19-25(22)16-21(20)2)13-14-38-30-10-8-24(26-5-3-4-6-27(26)30)18-33-34-31(37)23-7-9-29(36)28(32)17-23/h3-10,15-18,36H,11-14,19H2,1-2H3,(H,34,37)/b33-18-. The van der Waals surface area contributed by atoms with Crippen LogP contribution in [0.25, 0.3) is 10.8 Å². The van der Waals surface area contributed by atoms with Gasteiger partial charge < -0.3 is 9.84 Å². The molecule has 0 aliphatic carbocycles. The highest BCUT2D eigenvalue weighted by atomic mass is 35.5. The first kappa shape index (κ1) is 25.8. The molecule has 194 valence electrons. The van der Waals surface area contributed by atoms with Crippen LogP contribution in [0, 0.1) is 13.8 Å². The molecule has 6 nitrogen and oxygen atoms in total. The highest BCUT2D eigenvalue weighted by molar-refractivity contribution is 6.32. The van der Waals surface area contributed by atoms with Crippen molar-refractivity contribution in [2.24, 2.45) is 5.10 Å². The zero-order valence-electron chi connectivity index (χ0n) is 21.5. The number of phenolic OH excluding ortho intramolecular Hbond substituents is 1. The fourth-order valence-corrected chi connectivity index (χ4v) is 4.98. The summed E-state index contributed by atoms with van der Waals surface area (Å²) >= 11 is 5.90. The van der Waals surface area contributed by atoms with Crippen LogP contribution in [0.5, 0.6) is 11.5 Å². The van der Waals surface area contributed by atoms with Crippen LogP contribution in [0.1, 0.15) is 38.2 Å². The minimum atomic E-state index is -0.418. The molecule has 0 radical (unpaired) electrons. The molecule has 4 aromatic carbocycles. The van der Waals surface area contributed by atoms with E-state index in [0.717, 1.165) is 48.1 Å². The Morgan fingerprint density at radius 1 is 1.05 bits per heavy atom. The fraction of sp³-hybridized carbons (Fsp3) is 0.226. The number of fused-ring (bicyclic) bond motifs is 2. The molecule has 4 aromatic rings. The van der Waals surface area contributed by atoms with Crippen molar-refractivity contribution in [1.82, 2.24) is 10.3 Å². The Morgan fingerprint density at radius 3 is 2.61 bits per heavy atom. The lowest BCUT2D eigenvalue weighted by Crippen LogP contribution is -2.34. The lowest BCUT2D eigenvalue weighted by Gasteiger charge is -2.29. The maximum absolute atomic E-state index is 12.4. The van der Waals surface area contributed by atoms with E-state index >= 15 is 0 Å². The SMILES string of the molecule is Cc1cc2c(cc1C)CN(CCOc1ccc(/C=N\NC(=O)c3ccc(O)c(Cl)c3)c3ccccc13)CC2. The van der Waals surface area contributed by atoms with Crippen LogP contribution >= 0.6 is 11.6 Å². The number of carbonyl (C=O) groups excluding carboxylic acids is 1. The predicted molar refractivity (Wildman–Crippen MR) is 153 cm³/mol. The van der Waals surface area contributed by atoms with E-state index in [2.05, 4.69) is 41.4 Å². The van der Waals surface area contributed by atoms with Gasteiger partial charge in [0, 0.05) is 36.1 Å². The van der Waals surface area contributed by atoms with Gasteiger partial charge in [0.15, 0.2) is 0 Å². The molecule has 1 aliphatic rings. The van der Waals surface area contributed by atoms with Crippen LogP contribution in [0.3, 0.4) is 0 Å². The van der Waals surface area contributed by atoms with Crippen molar-refractivity contribution in [2.75, 3.05) is 19.7 Å². The van der Waals surface area contributed by atoms with E-state index in [1.54, 1.807) is 6.21 Å². The number of aromatic hydroxyl groups is 1. The number of ether oxygens (including phenoxy) is 1. The summed E-state index contributed by atoms with van der Waals surface area (Å²) in [6, 6.07) is 20.8. The van der Waals surface area contributed by atoms with Crippen molar-refractivity contribution >= 4 is 34.5 Å². The highest BCUT2D eigenvalue weighted by Gasteiger charge is 2.17. The number of carbonyl (C=O) groups is 1. The maximum atomic E-state index is 12.4. The normalized spacial score (nSPS) is 13.6. The first-order valence-corrected chi connectivity index (χ1v) is 13.0. The second-order valence-corrected chi connectivity index (χ2v) is 10.1. The van der Waals surface area contributed by atoms with Crippen LogP contribution in [0.2, 0.25) is 5.02 Å². The van der Waals surface area contributed by atoms with Crippen molar-refractivity contribution in [2.45, 2.75) is 26.8 Å². The lowest BCUT2D eigenvalue weighted by atomic mass is 9.95. The van der Waals surface area contributed by atoms with Gasteiger partial charge in [0.05, 0.1) is 11.2 Å². The van der Waals surface area contributed by atoms with Crippen molar-refractivity contribution in [3.8, 4) is 11.5 Å². The first-order valence-electron chi connectivity index (χ1n) is 12.7. The van der Waals surface area contributed by atoms with Crippen molar-refractivity contribution in [3.63, 3.8) is 0 Å². The minimum Gasteiger partial charge on any atom is -0.506 e. The number of halogens is 1. The smallest absolute Gasteiger partial charge is 0.271 e. The summed E-state index contributed by atoms with van der Waals surface area (Å²) in [5, 5.41) is 15.7. The molecular weight excluding hydrogens is 498 g/mol. The average molecular weight is 528 g/mol. The Morgan fingerprint density at radius 2 is 1.82 bits per heavy atom. The van der Waals surface area contributed by atoms with E-state index in [4.69, 9.17) is 16.3 Å². The molecule has 0 aromatic heterocycles. The molecule has 0 unspecified atom stereocenters. The van der Waals surface area contributed by atoms with Gasteiger partial charge in [0.25, 0.3) is 5.91 Å². The van der Waals surface area contributed by atoms with Crippen molar-refractivity contribution in [1.29, 1.82) is 0 Å². The van der Waals surface area contributed by atoms with Gasteiger partial charge in [-0.2, -0.15) is 5.10 Å². The summed E-state index contributed by atoms with van der Waals surface area (Å²) in [6.07, 6.45) is 2.69. The zero-order valence-corrected chi connectivity index (χ0v) is 22.3. The Bertz CT molecular complexity index is 1530. The topological polar surface area (TPSA) is 74.2 Å². The number of aryl methyl sites for hydroxylation is 2. The molecule has 38 heavy (non-hydrogen) atoms. The number of hydrogen-bond donors (Lipinski definition) is 2. The van der Waals surface area contributed by atoms with E-state index in [-0.39, 0.29) is 10.8 Å². The van der Waals surface area contributed by atoms with Gasteiger partial charge in [-0.05, 0) is 78.2 Å². The second kappa shape index (κ2) is 11.3. The second-order valence-electron chi connectivity index (χ2n) is 9.64. The summed E-state index contributed by atoms with van der Waals surface area (Å²) in [6.45, 7) is 7.81. The number of nitrogens with one attached hydrogen (secondary N) is 1. The van der Waals surface area contributed by atoms with Gasteiger partial charge in [0.1, 0.15) is 18.1 Å². The molecule has 0 fully saturated rings. The van der Waals surface area contributed by atoms with Crippen LogP contribution in [0.4, 0.5) is 0 Å². The molecular formula is C31H30ClN3O3. The molecule has 0 saturated heterocycles. The molecule has 5 rings (SSSR count). The Labute approximate surface area is 227 Å². The number of phenols is 1. The molecule has 0 saturated carbocycles. The molecule has 0 bridgehead atoms. The Hall–Kier alpha value is -3.87. The van der Waals surface area contributed by atoms with Gasteiger partial charge in [-0.1, -0.05) is 48.0 Å². The Balaban J connectivity index is 1.23. The number of rotatable bonds is 7. The van der Waals surface area contributed by atoms with Crippen LogP contribution in [-0.4, -0.2) is 41.8 Å². The van der Waals surface area contributed by atoms with Crippen LogP contribution in [-0.2, 0) is 13.0 Å². The van der Waals surface area contributed by atoms with E-state index in [0.29, 0.717) is 12.2 Å². The fourth-order valence-electron chi connectivity index (χ4n) is 4.80. The van der Waals surface area contributed by atoms with Crippen LogP contribution < -0.4 is 10.2 Å². The quantitative estimate of drug-likeness (QED) is 0.228. The van der Waals surface area contributed by atoms with Gasteiger partial charge in [-0.3, -0.25) is 9.69 Å². The third-order valence-electron chi connectivity index (χ3n) is 7.07. The molecule has 1 amide bonds. The number of benzene rings is 4. The predicted octanol–water partition coefficient (Wildman–Crippen LogP) is 6.02. The third kappa shape index (κ3) is 5.67. The number of nitrogens with zero attached hydrogens (tertiary/aromatic N) is 2. The highest BCUT2D eigenvalue weighted by Crippen LogP contribution is 2.29. The lowest BCUT2D eigenvalue weighted by molar-refractivity contribution is 0.0955. The van der Waals surface area contributed by atoms with Crippen molar-refractivity contribution in [3.05, 3.63) is 105 Å². The number of hydrazone groups is 1. The summed E-state index contributed by atoms with van der Waals surface area (Å²) < 4.78 is 6.24. The molecule has 2 N–H and O–H groups in total. The average Bonchev–Trinajstić information content (AvgIpc) is 2.92. The van der Waals surface area contributed by atoms with Gasteiger partial charge in [0.2, 0.25) is 0 Å². The maximum Gasteiger partial charge on any atom is 0.271 e. The monoisotopic (exact) mass is 527 g/mol. The van der Waals surface area contributed by atoms with Gasteiger partial charge in [-0.15, -0.1) is 0 Å². The molecule has 0 spiro atoms. The van der Waals surface area contributed by atoms with Gasteiger partial charge in [-0.25, -0.2) is 5.43 Å². The van der Waals surface area contributed by atoms with Crippen molar-refractivity contribution < 1.29 is 14.6 Å². The van der Waals surface area contributed by atoms with Crippen LogP contribution in [0.15, 0.2) is 71.8 Å². The van der Waals surface area contributed by atoms with Gasteiger partial charge >= 0.3 is 0 Å². The third-order valence-corrected chi connectivity index (χ3v) is 7.37. The molecule has 0 atom stereocenters. The molecule has 7 heteroatoms. The van der Waals surface area contributed by atoms with E-state index in [1.165, 1.54) is 40.5 Å². The van der Waals surface area contributed by atoms with E-state index in [9.17, 15) is 9.90 Å². The largest absolute Gasteiger partial charge is 0.506 e. The summed E-state index contributed by atoms with van der Waals surface area (Å²) in [5.41, 5.74) is 9.28. The summed E-state index contributed by atoms with van der Waals surface area (Å²) in [7, 11) is 0. The minimum absolute atomic E-state index is 0.0769. The molecule has 1 aliphatic heterocycles. The number of amides is 1. The number of hydrogen-bond acceptors (Lipinski definition) is 5. The summed E-state index contributed by atoms with van der Waals surface area (Å²) in [5.74, 6) is 0.328. The zero-order chi connectivity index (χ0) is 26.6.